The number of benzene rings is 1. The van der Waals surface area contributed by atoms with E-state index in [4.69, 9.17) is 9.47 Å². The Hall–Kier alpha value is -1.95. The Kier molecular flexibility index (Phi) is 3.16. The average Bonchev–Trinajstić information content (AvgIpc) is 2.77. The minimum absolute atomic E-state index is 0.594. The molecule has 0 saturated carbocycles. The monoisotopic (exact) mass is 262 g/mol. The van der Waals surface area contributed by atoms with Gasteiger partial charge in [0.25, 0.3) is 0 Å². The van der Waals surface area contributed by atoms with Crippen LogP contribution in [0.3, 0.4) is 0 Å². The molecule has 0 spiro atoms. The molecule has 6 nitrogen and oxygen atoms in total. The number of aromatic amines is 1. The lowest BCUT2D eigenvalue weighted by Gasteiger charge is -2.17. The van der Waals surface area contributed by atoms with Crippen molar-refractivity contribution in [2.75, 3.05) is 45.7 Å². The van der Waals surface area contributed by atoms with Crippen molar-refractivity contribution in [3.63, 3.8) is 0 Å². The Morgan fingerprint density at radius 2 is 2.00 bits per heavy atom. The van der Waals surface area contributed by atoms with Crippen molar-refractivity contribution in [1.29, 1.82) is 0 Å². The summed E-state index contributed by atoms with van der Waals surface area (Å²) in [4.78, 5) is 9.86. The Labute approximate surface area is 111 Å². The van der Waals surface area contributed by atoms with Crippen molar-refractivity contribution in [2.45, 2.75) is 0 Å². The predicted octanol–water partition coefficient (Wildman–Crippen LogP) is 1.31. The molecule has 0 fully saturated rings. The van der Waals surface area contributed by atoms with Crippen LogP contribution in [0.5, 0.6) is 11.5 Å². The summed E-state index contributed by atoms with van der Waals surface area (Å²) in [6.07, 6.45) is 0. The molecule has 1 aromatic carbocycles. The predicted molar refractivity (Wildman–Crippen MR) is 74.1 cm³/mol. The third-order valence-electron chi connectivity index (χ3n) is 3.00. The highest BCUT2D eigenvalue weighted by molar-refractivity contribution is 5.81. The number of nitrogens with one attached hydrogen (secondary N) is 2. The Balaban J connectivity index is 1.80. The SMILES string of the molecule is CN(C)CCNc1nc2cc3c(cc2[nH]1)OCCO3. The van der Waals surface area contributed by atoms with Gasteiger partial charge in [-0.2, -0.15) is 0 Å². The number of nitrogens with zero attached hydrogens (tertiary/aromatic N) is 2. The summed E-state index contributed by atoms with van der Waals surface area (Å²) >= 11 is 0. The van der Waals surface area contributed by atoms with Gasteiger partial charge in [-0.15, -0.1) is 0 Å². The summed E-state index contributed by atoms with van der Waals surface area (Å²) < 4.78 is 11.1. The minimum Gasteiger partial charge on any atom is -0.486 e. The molecule has 102 valence electrons. The van der Waals surface area contributed by atoms with E-state index in [1.54, 1.807) is 0 Å². The molecular formula is C13H18N4O2. The van der Waals surface area contributed by atoms with Crippen molar-refractivity contribution in [3.8, 4) is 11.5 Å². The highest BCUT2D eigenvalue weighted by Crippen LogP contribution is 2.34. The molecule has 0 unspecified atom stereocenters. The van der Waals surface area contributed by atoms with Crippen LogP contribution < -0.4 is 14.8 Å². The number of imidazole rings is 1. The molecule has 0 radical (unpaired) electrons. The summed E-state index contributed by atoms with van der Waals surface area (Å²) in [6, 6.07) is 3.85. The maximum absolute atomic E-state index is 5.55. The van der Waals surface area contributed by atoms with Crippen LogP contribution in [0.1, 0.15) is 0 Å². The number of H-pyrrole nitrogens is 1. The maximum Gasteiger partial charge on any atom is 0.201 e. The van der Waals surface area contributed by atoms with Crippen molar-refractivity contribution in [3.05, 3.63) is 12.1 Å². The minimum atomic E-state index is 0.594. The van der Waals surface area contributed by atoms with Gasteiger partial charge in [-0.1, -0.05) is 0 Å². The quantitative estimate of drug-likeness (QED) is 0.870. The lowest BCUT2D eigenvalue weighted by molar-refractivity contribution is 0.172. The van der Waals surface area contributed by atoms with E-state index in [-0.39, 0.29) is 0 Å². The van der Waals surface area contributed by atoms with Crippen LogP contribution in [0.2, 0.25) is 0 Å². The van der Waals surface area contributed by atoms with Crippen LogP contribution >= 0.6 is 0 Å². The van der Waals surface area contributed by atoms with Crippen LogP contribution in [0.25, 0.3) is 11.0 Å². The van der Waals surface area contributed by atoms with Crippen LogP contribution in [-0.2, 0) is 0 Å². The van der Waals surface area contributed by atoms with Gasteiger partial charge in [0.1, 0.15) is 13.2 Å². The molecule has 0 atom stereocenters. The van der Waals surface area contributed by atoms with Crippen molar-refractivity contribution >= 4 is 17.0 Å². The highest BCUT2D eigenvalue weighted by Gasteiger charge is 2.14. The fourth-order valence-electron chi connectivity index (χ4n) is 2.03. The number of hydrogen-bond acceptors (Lipinski definition) is 5. The Morgan fingerprint density at radius 1 is 1.26 bits per heavy atom. The summed E-state index contributed by atoms with van der Waals surface area (Å²) in [7, 11) is 4.09. The Bertz CT molecular complexity index is 536. The molecule has 0 bridgehead atoms. The third-order valence-corrected chi connectivity index (χ3v) is 3.00. The second-order valence-corrected chi connectivity index (χ2v) is 4.83. The summed E-state index contributed by atoms with van der Waals surface area (Å²) in [5.41, 5.74) is 1.84. The van der Waals surface area contributed by atoms with Gasteiger partial charge in [0.2, 0.25) is 5.95 Å². The highest BCUT2D eigenvalue weighted by atomic mass is 16.6. The first-order chi connectivity index (χ1) is 9.22. The summed E-state index contributed by atoms with van der Waals surface area (Å²) in [6.45, 7) is 3.00. The third kappa shape index (κ3) is 2.58. The van der Waals surface area contributed by atoms with E-state index in [0.717, 1.165) is 41.6 Å². The second kappa shape index (κ2) is 4.97. The average molecular weight is 262 g/mol. The molecule has 6 heteroatoms. The molecule has 2 N–H and O–H groups in total. The largest absolute Gasteiger partial charge is 0.486 e. The number of likely N-dealkylation sites (N-methyl/N-ethyl adjacent to an activating group) is 1. The van der Waals surface area contributed by atoms with Gasteiger partial charge in [0, 0.05) is 25.2 Å². The van der Waals surface area contributed by atoms with Crippen molar-refractivity contribution < 1.29 is 9.47 Å². The zero-order valence-corrected chi connectivity index (χ0v) is 11.2. The van der Waals surface area contributed by atoms with Gasteiger partial charge in [-0.05, 0) is 14.1 Å². The number of fused-ring (bicyclic) bond motifs is 2. The number of anilines is 1. The topological polar surface area (TPSA) is 62.4 Å². The Morgan fingerprint density at radius 3 is 2.74 bits per heavy atom. The lowest BCUT2D eigenvalue weighted by Crippen LogP contribution is -2.21. The molecule has 3 rings (SSSR count). The van der Waals surface area contributed by atoms with Gasteiger partial charge in [0.15, 0.2) is 11.5 Å². The fourth-order valence-corrected chi connectivity index (χ4v) is 2.03. The zero-order valence-electron chi connectivity index (χ0n) is 11.2. The summed E-state index contributed by atoms with van der Waals surface area (Å²) in [5.74, 6) is 2.33. The number of hydrogen-bond donors (Lipinski definition) is 2. The van der Waals surface area contributed by atoms with Crippen LogP contribution in [0.4, 0.5) is 5.95 Å². The van der Waals surface area contributed by atoms with E-state index < -0.39 is 0 Å². The maximum atomic E-state index is 5.55. The van der Waals surface area contributed by atoms with Gasteiger partial charge >= 0.3 is 0 Å². The fraction of sp³-hybridized carbons (Fsp3) is 0.462. The first-order valence-corrected chi connectivity index (χ1v) is 6.40. The van der Waals surface area contributed by atoms with Crippen molar-refractivity contribution in [1.82, 2.24) is 14.9 Å². The van der Waals surface area contributed by atoms with Gasteiger partial charge in [0.05, 0.1) is 11.0 Å². The molecular weight excluding hydrogens is 244 g/mol. The molecule has 0 aliphatic carbocycles. The smallest absolute Gasteiger partial charge is 0.201 e. The van der Waals surface area contributed by atoms with E-state index in [9.17, 15) is 0 Å². The van der Waals surface area contributed by atoms with Crippen LogP contribution in [-0.4, -0.2) is 55.3 Å². The normalized spacial score (nSPS) is 14.1. The van der Waals surface area contributed by atoms with E-state index in [0.29, 0.717) is 13.2 Å². The molecule has 0 amide bonds. The van der Waals surface area contributed by atoms with E-state index in [1.807, 2.05) is 26.2 Å². The van der Waals surface area contributed by atoms with Gasteiger partial charge < -0.3 is 24.7 Å². The van der Waals surface area contributed by atoms with Crippen LogP contribution in [0.15, 0.2) is 12.1 Å². The first kappa shape index (κ1) is 12.1. The van der Waals surface area contributed by atoms with Gasteiger partial charge in [-0.3, -0.25) is 0 Å². The standard InChI is InChI=1S/C13H18N4O2/c1-17(2)4-3-14-13-15-9-7-11-12(8-10(9)16-13)19-6-5-18-11/h7-8H,3-6H2,1-2H3,(H2,14,15,16). The van der Waals surface area contributed by atoms with E-state index in [2.05, 4.69) is 20.2 Å². The molecule has 2 aromatic rings. The first-order valence-electron chi connectivity index (χ1n) is 6.40. The molecule has 2 heterocycles. The van der Waals surface area contributed by atoms with Crippen LogP contribution in [0, 0.1) is 0 Å². The van der Waals surface area contributed by atoms with E-state index in [1.165, 1.54) is 0 Å². The van der Waals surface area contributed by atoms with E-state index >= 15 is 0 Å². The molecule has 1 aromatic heterocycles. The lowest BCUT2D eigenvalue weighted by atomic mass is 10.2. The van der Waals surface area contributed by atoms with Gasteiger partial charge in [-0.25, -0.2) is 4.98 Å². The summed E-state index contributed by atoms with van der Waals surface area (Å²) in [5, 5.41) is 3.27. The molecule has 1 aliphatic heterocycles. The zero-order chi connectivity index (χ0) is 13.2. The molecule has 0 saturated heterocycles. The number of ether oxygens (including phenoxy) is 2. The molecule has 1 aliphatic rings. The number of rotatable bonds is 4. The second-order valence-electron chi connectivity index (χ2n) is 4.83. The van der Waals surface area contributed by atoms with Crippen molar-refractivity contribution in [2.24, 2.45) is 0 Å². The number of aromatic nitrogens is 2. The molecule has 19 heavy (non-hydrogen) atoms.